The number of aromatic nitrogens is 4. The van der Waals surface area contributed by atoms with Crippen LogP contribution in [0.25, 0.3) is 0 Å². The molecule has 2 heterocycles. The Morgan fingerprint density at radius 1 is 1.25 bits per heavy atom. The SMILES string of the molecule is Cc1nn(C)c(Sc2ncccn2)c1CNC(C)(C)C. The minimum Gasteiger partial charge on any atom is -0.308 e. The monoisotopic (exact) mass is 291 g/mol. The topological polar surface area (TPSA) is 55.6 Å². The van der Waals surface area contributed by atoms with Gasteiger partial charge < -0.3 is 5.32 Å². The fourth-order valence-electron chi connectivity index (χ4n) is 1.79. The van der Waals surface area contributed by atoms with Crippen molar-refractivity contribution in [3.63, 3.8) is 0 Å². The molecule has 0 saturated heterocycles. The highest BCUT2D eigenvalue weighted by Crippen LogP contribution is 2.29. The Kier molecular flexibility index (Phi) is 4.45. The van der Waals surface area contributed by atoms with Gasteiger partial charge in [0.25, 0.3) is 0 Å². The van der Waals surface area contributed by atoms with Crippen molar-refractivity contribution in [3.05, 3.63) is 29.7 Å². The molecule has 2 aromatic rings. The Hall–Kier alpha value is -1.40. The van der Waals surface area contributed by atoms with Gasteiger partial charge in [-0.15, -0.1) is 0 Å². The van der Waals surface area contributed by atoms with Gasteiger partial charge in [0.2, 0.25) is 0 Å². The fourth-order valence-corrected chi connectivity index (χ4v) is 2.71. The molecule has 0 aliphatic heterocycles. The molecule has 2 aromatic heterocycles. The van der Waals surface area contributed by atoms with Gasteiger partial charge in [-0.2, -0.15) is 5.10 Å². The maximum atomic E-state index is 4.51. The largest absolute Gasteiger partial charge is 0.308 e. The van der Waals surface area contributed by atoms with E-state index in [4.69, 9.17) is 0 Å². The van der Waals surface area contributed by atoms with Crippen molar-refractivity contribution in [2.75, 3.05) is 0 Å². The zero-order chi connectivity index (χ0) is 14.8. The zero-order valence-electron chi connectivity index (χ0n) is 12.6. The summed E-state index contributed by atoms with van der Waals surface area (Å²) in [7, 11) is 1.96. The molecule has 0 bridgehead atoms. The average molecular weight is 291 g/mol. The van der Waals surface area contributed by atoms with Gasteiger partial charge in [0.15, 0.2) is 5.16 Å². The van der Waals surface area contributed by atoms with E-state index in [1.807, 2.05) is 24.7 Å². The van der Waals surface area contributed by atoms with Gasteiger partial charge in [0.05, 0.1) is 5.69 Å². The van der Waals surface area contributed by atoms with Crippen LogP contribution in [-0.4, -0.2) is 25.3 Å². The van der Waals surface area contributed by atoms with Crippen LogP contribution in [0, 0.1) is 6.92 Å². The number of rotatable bonds is 4. The maximum absolute atomic E-state index is 4.51. The molecule has 0 spiro atoms. The van der Waals surface area contributed by atoms with E-state index in [2.05, 4.69) is 41.2 Å². The highest BCUT2D eigenvalue weighted by molar-refractivity contribution is 7.99. The number of nitrogens with zero attached hydrogens (tertiary/aromatic N) is 4. The van der Waals surface area contributed by atoms with Crippen molar-refractivity contribution in [2.24, 2.45) is 7.05 Å². The molecule has 2 rings (SSSR count). The van der Waals surface area contributed by atoms with E-state index in [1.165, 1.54) is 5.56 Å². The maximum Gasteiger partial charge on any atom is 0.193 e. The van der Waals surface area contributed by atoms with E-state index in [-0.39, 0.29) is 5.54 Å². The summed E-state index contributed by atoms with van der Waals surface area (Å²) in [6.07, 6.45) is 3.51. The predicted molar refractivity (Wildman–Crippen MR) is 80.7 cm³/mol. The molecule has 0 radical (unpaired) electrons. The summed E-state index contributed by atoms with van der Waals surface area (Å²) in [6.45, 7) is 9.30. The number of hydrogen-bond donors (Lipinski definition) is 1. The Labute approximate surface area is 124 Å². The summed E-state index contributed by atoms with van der Waals surface area (Å²) >= 11 is 1.55. The molecule has 1 N–H and O–H groups in total. The normalized spacial score (nSPS) is 11.8. The van der Waals surface area contributed by atoms with Crippen LogP contribution in [0.5, 0.6) is 0 Å². The van der Waals surface area contributed by atoms with E-state index >= 15 is 0 Å². The van der Waals surface area contributed by atoms with E-state index in [0.717, 1.165) is 22.4 Å². The molecule has 5 nitrogen and oxygen atoms in total. The fraction of sp³-hybridized carbons (Fsp3) is 0.500. The number of hydrogen-bond acceptors (Lipinski definition) is 5. The molecule has 108 valence electrons. The Morgan fingerprint density at radius 2 is 1.90 bits per heavy atom. The summed E-state index contributed by atoms with van der Waals surface area (Å²) in [5, 5.41) is 9.85. The van der Waals surface area contributed by atoms with Gasteiger partial charge in [-0.3, -0.25) is 4.68 Å². The predicted octanol–water partition coefficient (Wildman–Crippen LogP) is 2.56. The molecular weight excluding hydrogens is 270 g/mol. The van der Waals surface area contributed by atoms with Crippen molar-refractivity contribution in [1.82, 2.24) is 25.1 Å². The summed E-state index contributed by atoms with van der Waals surface area (Å²) in [5.74, 6) is 0. The lowest BCUT2D eigenvalue weighted by atomic mass is 10.1. The molecular formula is C14H21N5S. The average Bonchev–Trinajstić information content (AvgIpc) is 2.62. The third-order valence-electron chi connectivity index (χ3n) is 2.81. The van der Waals surface area contributed by atoms with Crippen LogP contribution < -0.4 is 5.32 Å². The second-order valence-electron chi connectivity index (χ2n) is 5.73. The minimum atomic E-state index is 0.0769. The number of nitrogens with one attached hydrogen (secondary N) is 1. The molecule has 0 aromatic carbocycles. The van der Waals surface area contributed by atoms with Crippen LogP contribution in [0.2, 0.25) is 0 Å². The molecule has 0 amide bonds. The van der Waals surface area contributed by atoms with Crippen LogP contribution >= 0.6 is 11.8 Å². The van der Waals surface area contributed by atoms with Crippen LogP contribution in [0.3, 0.4) is 0 Å². The Bertz CT molecular complexity index is 571. The molecule has 0 saturated carbocycles. The lowest BCUT2D eigenvalue weighted by Crippen LogP contribution is -2.35. The molecule has 0 fully saturated rings. The highest BCUT2D eigenvalue weighted by atomic mass is 32.2. The van der Waals surface area contributed by atoms with Crippen LogP contribution in [0.4, 0.5) is 0 Å². The molecule has 0 unspecified atom stereocenters. The summed E-state index contributed by atoms with van der Waals surface area (Å²) in [4.78, 5) is 8.53. The third-order valence-corrected chi connectivity index (χ3v) is 3.91. The van der Waals surface area contributed by atoms with Crippen LogP contribution in [0.15, 0.2) is 28.6 Å². The van der Waals surface area contributed by atoms with Crippen LogP contribution in [0.1, 0.15) is 32.0 Å². The van der Waals surface area contributed by atoms with Crippen molar-refractivity contribution in [1.29, 1.82) is 0 Å². The minimum absolute atomic E-state index is 0.0769. The molecule has 20 heavy (non-hydrogen) atoms. The molecule has 0 aliphatic rings. The van der Waals surface area contributed by atoms with Crippen molar-refractivity contribution >= 4 is 11.8 Å². The number of aryl methyl sites for hydroxylation is 2. The second kappa shape index (κ2) is 5.93. The van der Waals surface area contributed by atoms with E-state index < -0.39 is 0 Å². The first-order chi connectivity index (χ1) is 9.37. The standard InChI is InChI=1S/C14H21N5S/c1-10-11(9-17-14(2,3)4)12(19(5)18-10)20-13-15-7-6-8-16-13/h6-8,17H,9H2,1-5H3. The van der Waals surface area contributed by atoms with Gasteiger partial charge in [-0.1, -0.05) is 0 Å². The van der Waals surface area contributed by atoms with Gasteiger partial charge in [0, 0.05) is 37.1 Å². The van der Waals surface area contributed by atoms with E-state index in [9.17, 15) is 0 Å². The summed E-state index contributed by atoms with van der Waals surface area (Å²) in [6, 6.07) is 1.82. The van der Waals surface area contributed by atoms with Crippen molar-refractivity contribution in [2.45, 2.75) is 50.0 Å². The highest BCUT2D eigenvalue weighted by Gasteiger charge is 2.18. The summed E-state index contributed by atoms with van der Waals surface area (Å²) in [5.41, 5.74) is 2.33. The van der Waals surface area contributed by atoms with Gasteiger partial charge >= 0.3 is 0 Å². The van der Waals surface area contributed by atoms with Gasteiger partial charge in [0.1, 0.15) is 5.03 Å². The lowest BCUT2D eigenvalue weighted by Gasteiger charge is -2.20. The zero-order valence-corrected chi connectivity index (χ0v) is 13.5. The first-order valence-corrected chi connectivity index (χ1v) is 7.41. The van der Waals surface area contributed by atoms with Crippen molar-refractivity contribution < 1.29 is 0 Å². The summed E-state index contributed by atoms with van der Waals surface area (Å²) < 4.78 is 1.90. The van der Waals surface area contributed by atoms with Gasteiger partial charge in [-0.05, 0) is 45.5 Å². The van der Waals surface area contributed by atoms with Crippen LogP contribution in [-0.2, 0) is 13.6 Å². The van der Waals surface area contributed by atoms with Gasteiger partial charge in [-0.25, -0.2) is 9.97 Å². The smallest absolute Gasteiger partial charge is 0.193 e. The first kappa shape index (κ1) is 15.0. The quantitative estimate of drug-likeness (QED) is 0.877. The Morgan fingerprint density at radius 3 is 2.50 bits per heavy atom. The third kappa shape index (κ3) is 3.80. The van der Waals surface area contributed by atoms with E-state index in [0.29, 0.717) is 0 Å². The Balaban J connectivity index is 2.24. The molecule has 6 heteroatoms. The first-order valence-electron chi connectivity index (χ1n) is 6.59. The molecule has 0 aliphatic carbocycles. The second-order valence-corrected chi connectivity index (χ2v) is 6.69. The van der Waals surface area contributed by atoms with E-state index in [1.54, 1.807) is 24.2 Å². The van der Waals surface area contributed by atoms with Crippen molar-refractivity contribution in [3.8, 4) is 0 Å². The lowest BCUT2D eigenvalue weighted by molar-refractivity contribution is 0.421. The molecule has 0 atom stereocenters.